The van der Waals surface area contributed by atoms with Crippen LogP contribution in [0.3, 0.4) is 0 Å². The Kier molecular flexibility index (Phi) is 4.97. The van der Waals surface area contributed by atoms with Gasteiger partial charge in [-0.25, -0.2) is 0 Å². The quantitative estimate of drug-likeness (QED) is 0.621. The first kappa shape index (κ1) is 17.3. The molecule has 23 heavy (non-hydrogen) atoms. The van der Waals surface area contributed by atoms with Gasteiger partial charge in [-0.15, -0.1) is 0 Å². The fraction of sp³-hybridized carbons (Fsp3) is 0.500. The zero-order chi connectivity index (χ0) is 17.1. The van der Waals surface area contributed by atoms with Crippen LogP contribution < -0.4 is 10.6 Å². The third kappa shape index (κ3) is 4.03. The second-order valence-corrected chi connectivity index (χ2v) is 5.72. The topological polar surface area (TPSA) is 58.2 Å². The van der Waals surface area contributed by atoms with E-state index in [2.05, 4.69) is 10.6 Å². The first-order valence-corrected chi connectivity index (χ1v) is 7.56. The fourth-order valence-corrected chi connectivity index (χ4v) is 2.22. The lowest BCUT2D eigenvalue weighted by Crippen LogP contribution is -2.40. The molecule has 0 spiro atoms. The van der Waals surface area contributed by atoms with Gasteiger partial charge in [-0.05, 0) is 43.5 Å². The highest BCUT2D eigenvalue weighted by atomic mass is 19.4. The van der Waals surface area contributed by atoms with E-state index in [0.29, 0.717) is 19.4 Å². The van der Waals surface area contributed by atoms with Gasteiger partial charge in [0.05, 0.1) is 5.56 Å². The molecule has 1 aliphatic rings. The molecule has 0 atom stereocenters. The van der Waals surface area contributed by atoms with Crippen molar-refractivity contribution in [2.24, 2.45) is 5.41 Å². The molecule has 1 aromatic carbocycles. The molecule has 1 saturated carbocycles. The molecule has 126 valence electrons. The molecule has 1 fully saturated rings. The molecule has 1 aliphatic carbocycles. The summed E-state index contributed by atoms with van der Waals surface area (Å²) in [5, 5.41) is 5.26. The number of hydrogen-bond donors (Lipinski definition) is 2. The third-order valence-electron chi connectivity index (χ3n) is 3.91. The number of alkyl halides is 3. The Hall–Kier alpha value is -2.05. The molecule has 0 aromatic heterocycles. The third-order valence-corrected chi connectivity index (χ3v) is 3.91. The van der Waals surface area contributed by atoms with Gasteiger partial charge in [0.15, 0.2) is 0 Å². The first-order valence-electron chi connectivity index (χ1n) is 7.56. The van der Waals surface area contributed by atoms with Gasteiger partial charge in [0.25, 0.3) is 0 Å². The molecule has 0 heterocycles. The zero-order valence-corrected chi connectivity index (χ0v) is 12.8. The van der Waals surface area contributed by atoms with Gasteiger partial charge in [0.2, 0.25) is 11.8 Å². The number of anilines is 1. The molecular formula is C16H19F3N2O2. The molecule has 0 saturated heterocycles. The van der Waals surface area contributed by atoms with Gasteiger partial charge in [-0.3, -0.25) is 9.59 Å². The van der Waals surface area contributed by atoms with E-state index in [-0.39, 0.29) is 11.6 Å². The normalized spacial score (nSPS) is 15.8. The van der Waals surface area contributed by atoms with Crippen LogP contribution in [0.5, 0.6) is 0 Å². The van der Waals surface area contributed by atoms with Crippen molar-refractivity contribution in [3.8, 4) is 0 Å². The lowest BCUT2D eigenvalue weighted by molar-refractivity contribution is -0.137. The molecule has 0 aliphatic heterocycles. The average Bonchev–Trinajstić information content (AvgIpc) is 3.29. The maximum absolute atomic E-state index is 12.5. The lowest BCUT2D eigenvalue weighted by Gasteiger charge is -2.15. The lowest BCUT2D eigenvalue weighted by atomic mass is 10.0. The van der Waals surface area contributed by atoms with E-state index in [1.54, 1.807) is 0 Å². The van der Waals surface area contributed by atoms with E-state index in [9.17, 15) is 22.8 Å². The van der Waals surface area contributed by atoms with Gasteiger partial charge >= 0.3 is 6.18 Å². The Morgan fingerprint density at radius 3 is 2.22 bits per heavy atom. The van der Waals surface area contributed by atoms with Crippen molar-refractivity contribution >= 4 is 17.5 Å². The number of carbonyl (C=O) groups is 2. The summed E-state index contributed by atoms with van der Waals surface area (Å²) >= 11 is 0. The number of nitrogens with one attached hydrogen (secondary N) is 2. The summed E-state index contributed by atoms with van der Waals surface area (Å²) in [5.74, 6) is -0.776. The Labute approximate surface area is 132 Å². The molecule has 2 N–H and O–H groups in total. The molecular weight excluding hydrogens is 309 g/mol. The van der Waals surface area contributed by atoms with Gasteiger partial charge in [0, 0.05) is 12.2 Å². The van der Waals surface area contributed by atoms with Crippen LogP contribution in [0, 0.1) is 5.41 Å². The SMILES string of the molecule is CCCCNC(=O)C1(C(=O)Nc2ccc(C(F)(F)F)cc2)CC1. The number of hydrogen-bond acceptors (Lipinski definition) is 2. The van der Waals surface area contributed by atoms with Crippen molar-refractivity contribution in [1.29, 1.82) is 0 Å². The molecule has 1 aromatic rings. The minimum Gasteiger partial charge on any atom is -0.355 e. The van der Waals surface area contributed by atoms with Crippen molar-refractivity contribution in [2.45, 2.75) is 38.8 Å². The maximum Gasteiger partial charge on any atom is 0.416 e. The zero-order valence-electron chi connectivity index (χ0n) is 12.8. The molecule has 4 nitrogen and oxygen atoms in total. The molecule has 7 heteroatoms. The number of amides is 2. The van der Waals surface area contributed by atoms with Crippen LogP contribution in [-0.2, 0) is 15.8 Å². The first-order chi connectivity index (χ1) is 10.8. The Balaban J connectivity index is 1.97. The average molecular weight is 328 g/mol. The molecule has 2 amide bonds. The number of unbranched alkanes of at least 4 members (excludes halogenated alkanes) is 1. The highest BCUT2D eigenvalue weighted by Gasteiger charge is 2.56. The van der Waals surface area contributed by atoms with Crippen LogP contribution in [0.15, 0.2) is 24.3 Å². The second kappa shape index (κ2) is 6.60. The molecule has 0 radical (unpaired) electrons. The smallest absolute Gasteiger partial charge is 0.355 e. The van der Waals surface area contributed by atoms with E-state index < -0.39 is 23.1 Å². The van der Waals surface area contributed by atoms with Crippen molar-refractivity contribution in [1.82, 2.24) is 5.32 Å². The largest absolute Gasteiger partial charge is 0.416 e. The van der Waals surface area contributed by atoms with E-state index in [1.165, 1.54) is 12.1 Å². The predicted molar refractivity (Wildman–Crippen MR) is 79.7 cm³/mol. The summed E-state index contributed by atoms with van der Waals surface area (Å²) in [6.07, 6.45) is -1.73. The molecule has 0 unspecified atom stereocenters. The van der Waals surface area contributed by atoms with Crippen molar-refractivity contribution < 1.29 is 22.8 Å². The van der Waals surface area contributed by atoms with Crippen LogP contribution >= 0.6 is 0 Å². The summed E-state index contributed by atoms with van der Waals surface area (Å²) in [6, 6.07) is 4.17. The van der Waals surface area contributed by atoms with Crippen LogP contribution in [-0.4, -0.2) is 18.4 Å². The molecule has 2 rings (SSSR count). The van der Waals surface area contributed by atoms with Gasteiger partial charge in [-0.2, -0.15) is 13.2 Å². The van der Waals surface area contributed by atoms with E-state index in [0.717, 1.165) is 25.0 Å². The van der Waals surface area contributed by atoms with Crippen LogP contribution in [0.2, 0.25) is 0 Å². The summed E-state index contributed by atoms with van der Waals surface area (Å²) in [6.45, 7) is 2.51. The number of rotatable bonds is 6. The van der Waals surface area contributed by atoms with E-state index in [4.69, 9.17) is 0 Å². The van der Waals surface area contributed by atoms with E-state index >= 15 is 0 Å². The van der Waals surface area contributed by atoms with Crippen molar-refractivity contribution in [2.75, 3.05) is 11.9 Å². The highest BCUT2D eigenvalue weighted by molar-refractivity contribution is 6.13. The summed E-state index contributed by atoms with van der Waals surface area (Å²) < 4.78 is 37.5. The van der Waals surface area contributed by atoms with E-state index in [1.807, 2.05) is 6.92 Å². The predicted octanol–water partition coefficient (Wildman–Crippen LogP) is 3.34. The Morgan fingerprint density at radius 2 is 1.74 bits per heavy atom. The monoisotopic (exact) mass is 328 g/mol. The highest BCUT2D eigenvalue weighted by Crippen LogP contribution is 2.46. The Bertz CT molecular complexity index is 578. The minimum absolute atomic E-state index is 0.246. The van der Waals surface area contributed by atoms with Crippen molar-refractivity contribution in [3.05, 3.63) is 29.8 Å². The summed E-state index contributed by atoms with van der Waals surface area (Å²) in [4.78, 5) is 24.4. The fourth-order valence-electron chi connectivity index (χ4n) is 2.22. The van der Waals surface area contributed by atoms with Crippen molar-refractivity contribution in [3.63, 3.8) is 0 Å². The second-order valence-electron chi connectivity index (χ2n) is 5.72. The standard InChI is InChI=1S/C16H19F3N2O2/c1-2-3-10-20-13(22)15(8-9-15)14(23)21-12-6-4-11(5-7-12)16(17,18)19/h4-7H,2-3,8-10H2,1H3,(H,20,22)(H,21,23). The summed E-state index contributed by atoms with van der Waals surface area (Å²) in [5.41, 5.74) is -1.61. The van der Waals surface area contributed by atoms with Gasteiger partial charge in [-0.1, -0.05) is 13.3 Å². The Morgan fingerprint density at radius 1 is 1.13 bits per heavy atom. The maximum atomic E-state index is 12.5. The van der Waals surface area contributed by atoms with Crippen LogP contribution in [0.25, 0.3) is 0 Å². The van der Waals surface area contributed by atoms with Gasteiger partial charge in [0.1, 0.15) is 5.41 Å². The van der Waals surface area contributed by atoms with Crippen LogP contribution in [0.1, 0.15) is 38.2 Å². The van der Waals surface area contributed by atoms with Gasteiger partial charge < -0.3 is 10.6 Å². The number of benzene rings is 1. The van der Waals surface area contributed by atoms with Crippen LogP contribution in [0.4, 0.5) is 18.9 Å². The summed E-state index contributed by atoms with van der Waals surface area (Å²) in [7, 11) is 0. The number of carbonyl (C=O) groups excluding carboxylic acids is 2. The number of halogens is 3. The molecule has 0 bridgehead atoms. The minimum atomic E-state index is -4.42.